The van der Waals surface area contributed by atoms with E-state index >= 15 is 0 Å². The summed E-state index contributed by atoms with van der Waals surface area (Å²) in [7, 11) is -1.30. The maximum atomic E-state index is 12.4. The van der Waals surface area contributed by atoms with Crippen LogP contribution in [0.5, 0.6) is 0 Å². The Morgan fingerprint density at radius 1 is 1.29 bits per heavy atom. The van der Waals surface area contributed by atoms with Crippen LogP contribution in [0.2, 0.25) is 0 Å². The maximum Gasteiger partial charge on any atom is 0.235 e. The second kappa shape index (κ2) is 7.57. The van der Waals surface area contributed by atoms with Crippen LogP contribution in [0.4, 0.5) is 0 Å². The highest BCUT2D eigenvalue weighted by Crippen LogP contribution is 2.24. The molecule has 6 heteroatoms. The fourth-order valence-corrected chi connectivity index (χ4v) is 3.98. The van der Waals surface area contributed by atoms with Crippen molar-refractivity contribution in [2.24, 2.45) is 0 Å². The number of amides is 1. The molecule has 0 saturated heterocycles. The number of carbonyl (C=O) groups is 1. The summed E-state index contributed by atoms with van der Waals surface area (Å²) in [6.07, 6.45) is 0. The standard InChI is InChI=1S/C18H24N2O2S2/c1-12-6-8-14(9-7-12)17-19-15(10-23-17)11-24(22)13(2)16(21)20-18(3,4)5/h6-10,13H,11H2,1-5H3,(H,20,21). The molecule has 0 aliphatic heterocycles. The molecule has 0 aliphatic rings. The first-order chi connectivity index (χ1) is 11.2. The van der Waals surface area contributed by atoms with Gasteiger partial charge in [0.25, 0.3) is 0 Å². The number of hydrogen-bond acceptors (Lipinski definition) is 4. The molecule has 1 heterocycles. The first-order valence-corrected chi connectivity index (χ1v) is 10.1. The van der Waals surface area contributed by atoms with E-state index in [0.717, 1.165) is 16.3 Å². The lowest BCUT2D eigenvalue weighted by atomic mass is 10.1. The molecule has 4 nitrogen and oxygen atoms in total. The number of aryl methyl sites for hydroxylation is 1. The number of rotatable bonds is 5. The first-order valence-electron chi connectivity index (χ1n) is 7.86. The molecule has 0 saturated carbocycles. The minimum Gasteiger partial charge on any atom is -0.350 e. The van der Waals surface area contributed by atoms with E-state index < -0.39 is 16.0 Å². The minimum atomic E-state index is -1.30. The van der Waals surface area contributed by atoms with Crippen molar-refractivity contribution in [2.75, 3.05) is 0 Å². The fourth-order valence-electron chi connectivity index (χ4n) is 2.06. The van der Waals surface area contributed by atoms with Crippen LogP contribution in [0.3, 0.4) is 0 Å². The monoisotopic (exact) mass is 364 g/mol. The van der Waals surface area contributed by atoms with Gasteiger partial charge in [-0.2, -0.15) is 0 Å². The van der Waals surface area contributed by atoms with Gasteiger partial charge in [-0.25, -0.2) is 4.98 Å². The lowest BCUT2D eigenvalue weighted by molar-refractivity contribution is -0.121. The van der Waals surface area contributed by atoms with E-state index in [9.17, 15) is 9.00 Å². The van der Waals surface area contributed by atoms with Gasteiger partial charge in [-0.3, -0.25) is 9.00 Å². The van der Waals surface area contributed by atoms with Crippen molar-refractivity contribution in [3.8, 4) is 10.6 Å². The van der Waals surface area contributed by atoms with Gasteiger partial charge in [-0.1, -0.05) is 29.8 Å². The van der Waals surface area contributed by atoms with Gasteiger partial charge in [0.1, 0.15) is 10.3 Å². The van der Waals surface area contributed by atoms with Gasteiger partial charge < -0.3 is 5.32 Å². The molecule has 1 aromatic heterocycles. The molecule has 130 valence electrons. The summed E-state index contributed by atoms with van der Waals surface area (Å²) in [6, 6.07) is 8.17. The van der Waals surface area contributed by atoms with Gasteiger partial charge >= 0.3 is 0 Å². The van der Waals surface area contributed by atoms with Crippen molar-refractivity contribution < 1.29 is 9.00 Å². The number of nitrogens with one attached hydrogen (secondary N) is 1. The molecule has 2 rings (SSSR count). The van der Waals surface area contributed by atoms with Crippen LogP contribution in [-0.4, -0.2) is 25.9 Å². The predicted molar refractivity (Wildman–Crippen MR) is 101 cm³/mol. The highest BCUT2D eigenvalue weighted by Gasteiger charge is 2.24. The highest BCUT2D eigenvalue weighted by molar-refractivity contribution is 7.85. The number of aromatic nitrogens is 1. The van der Waals surface area contributed by atoms with Gasteiger partial charge in [-0.05, 0) is 34.6 Å². The van der Waals surface area contributed by atoms with E-state index in [2.05, 4.69) is 10.3 Å². The Balaban J connectivity index is 2.02. The van der Waals surface area contributed by atoms with Crippen molar-refractivity contribution in [3.63, 3.8) is 0 Å². The lowest BCUT2D eigenvalue weighted by Gasteiger charge is -2.22. The Bertz CT molecular complexity index is 730. The van der Waals surface area contributed by atoms with E-state index in [1.54, 1.807) is 6.92 Å². The summed E-state index contributed by atoms with van der Waals surface area (Å²) < 4.78 is 12.4. The summed E-state index contributed by atoms with van der Waals surface area (Å²) in [4.78, 5) is 16.7. The second-order valence-electron chi connectivity index (χ2n) is 6.92. The highest BCUT2D eigenvalue weighted by atomic mass is 32.2. The molecule has 0 aliphatic carbocycles. The largest absolute Gasteiger partial charge is 0.350 e. The van der Waals surface area contributed by atoms with E-state index in [-0.39, 0.29) is 11.4 Å². The molecule has 24 heavy (non-hydrogen) atoms. The van der Waals surface area contributed by atoms with Crippen LogP contribution in [0, 0.1) is 6.92 Å². The second-order valence-corrected chi connectivity index (χ2v) is 9.53. The van der Waals surface area contributed by atoms with Gasteiger partial charge in [-0.15, -0.1) is 11.3 Å². The zero-order valence-corrected chi connectivity index (χ0v) is 16.4. The van der Waals surface area contributed by atoms with Gasteiger partial charge in [0.15, 0.2) is 0 Å². The van der Waals surface area contributed by atoms with Crippen molar-refractivity contribution in [1.29, 1.82) is 0 Å². The Morgan fingerprint density at radius 2 is 1.92 bits per heavy atom. The van der Waals surface area contributed by atoms with E-state index in [1.165, 1.54) is 16.9 Å². The summed E-state index contributed by atoms with van der Waals surface area (Å²) in [5, 5.41) is 5.14. The normalized spacial score (nSPS) is 14.2. The van der Waals surface area contributed by atoms with E-state index in [0.29, 0.717) is 5.75 Å². The molecule has 0 fully saturated rings. The van der Waals surface area contributed by atoms with Crippen LogP contribution >= 0.6 is 11.3 Å². The van der Waals surface area contributed by atoms with Crippen molar-refractivity contribution in [2.45, 2.75) is 51.2 Å². The summed E-state index contributed by atoms with van der Waals surface area (Å²) in [5.41, 5.74) is 2.70. The number of nitrogens with zero attached hydrogens (tertiary/aromatic N) is 1. The Kier molecular flexibility index (Phi) is 5.93. The molecule has 2 atom stereocenters. The van der Waals surface area contributed by atoms with Gasteiger partial charge in [0.05, 0.1) is 11.4 Å². The Morgan fingerprint density at radius 3 is 2.50 bits per heavy atom. The van der Waals surface area contributed by atoms with Crippen LogP contribution in [0.25, 0.3) is 10.6 Å². The minimum absolute atomic E-state index is 0.185. The third-order valence-electron chi connectivity index (χ3n) is 3.40. The van der Waals surface area contributed by atoms with Crippen molar-refractivity contribution in [3.05, 3.63) is 40.9 Å². The zero-order valence-electron chi connectivity index (χ0n) is 14.8. The molecule has 1 N–H and O–H groups in total. The number of thiazole rings is 1. The number of benzene rings is 1. The van der Waals surface area contributed by atoms with E-state index in [1.807, 2.05) is 57.3 Å². The molecule has 0 spiro atoms. The Labute approximate surface area is 150 Å². The topological polar surface area (TPSA) is 59.1 Å². The Hall–Kier alpha value is -1.53. The van der Waals surface area contributed by atoms with Crippen molar-refractivity contribution in [1.82, 2.24) is 10.3 Å². The fraction of sp³-hybridized carbons (Fsp3) is 0.444. The molecule has 1 amide bonds. The molecule has 2 unspecified atom stereocenters. The summed E-state index contributed by atoms with van der Waals surface area (Å²) >= 11 is 1.53. The van der Waals surface area contributed by atoms with Crippen LogP contribution < -0.4 is 5.32 Å². The van der Waals surface area contributed by atoms with Gasteiger partial charge in [0.2, 0.25) is 5.91 Å². The molecular weight excluding hydrogens is 340 g/mol. The molecule has 2 aromatic rings. The molecule has 0 bridgehead atoms. The van der Waals surface area contributed by atoms with Crippen LogP contribution in [0.1, 0.15) is 39.0 Å². The molecular formula is C18H24N2O2S2. The average Bonchev–Trinajstić information content (AvgIpc) is 2.93. The molecule has 1 aromatic carbocycles. The lowest BCUT2D eigenvalue weighted by Crippen LogP contribution is -2.46. The molecule has 0 radical (unpaired) electrons. The van der Waals surface area contributed by atoms with Crippen LogP contribution in [-0.2, 0) is 21.3 Å². The number of hydrogen-bond donors (Lipinski definition) is 1. The number of carbonyl (C=O) groups excluding carboxylic acids is 1. The SMILES string of the molecule is Cc1ccc(-c2nc(CS(=O)C(C)C(=O)NC(C)(C)C)cs2)cc1. The third-order valence-corrected chi connectivity index (χ3v) is 5.93. The van der Waals surface area contributed by atoms with Crippen LogP contribution in [0.15, 0.2) is 29.6 Å². The van der Waals surface area contributed by atoms with E-state index in [4.69, 9.17) is 0 Å². The maximum absolute atomic E-state index is 12.4. The summed E-state index contributed by atoms with van der Waals surface area (Å²) in [6.45, 7) is 9.48. The third kappa shape index (κ3) is 5.24. The zero-order chi connectivity index (χ0) is 17.9. The quantitative estimate of drug-likeness (QED) is 0.880. The smallest absolute Gasteiger partial charge is 0.235 e. The van der Waals surface area contributed by atoms with Crippen molar-refractivity contribution >= 4 is 28.0 Å². The summed E-state index contributed by atoms with van der Waals surface area (Å²) in [5.74, 6) is 0.107. The average molecular weight is 365 g/mol. The van der Waals surface area contributed by atoms with Gasteiger partial charge in [0, 0.05) is 27.3 Å². The first kappa shape index (κ1) is 18.8. The predicted octanol–water partition coefficient (Wildman–Crippen LogP) is 3.67.